The van der Waals surface area contributed by atoms with Crippen molar-refractivity contribution in [2.24, 2.45) is 5.73 Å². The predicted molar refractivity (Wildman–Crippen MR) is 63.6 cm³/mol. The number of hydrogen-bond donors (Lipinski definition) is 2. The van der Waals surface area contributed by atoms with Gasteiger partial charge in [-0.2, -0.15) is 0 Å². The topological polar surface area (TPSA) is 97.5 Å². The van der Waals surface area contributed by atoms with E-state index in [1.807, 2.05) is 0 Å². The standard InChI is InChI=1S/C11H15NO4S/c1-2-17(15,16)9-5-3-8(4-6-9)10(7-12)11(13)14/h3-6,10H,2,7,12H2,1H3,(H,13,14). The van der Waals surface area contributed by atoms with E-state index in [0.29, 0.717) is 5.56 Å². The molecule has 0 aliphatic carbocycles. The van der Waals surface area contributed by atoms with Crippen LogP contribution in [0.4, 0.5) is 0 Å². The van der Waals surface area contributed by atoms with Crippen LogP contribution in [0.25, 0.3) is 0 Å². The summed E-state index contributed by atoms with van der Waals surface area (Å²) in [6, 6.07) is 5.82. The first-order valence-electron chi connectivity index (χ1n) is 5.18. The zero-order chi connectivity index (χ0) is 13.1. The number of carbonyl (C=O) groups is 1. The molecule has 0 spiro atoms. The van der Waals surface area contributed by atoms with Crippen LogP contribution >= 0.6 is 0 Å². The molecule has 0 saturated carbocycles. The summed E-state index contributed by atoms with van der Waals surface area (Å²) in [4.78, 5) is 11.1. The second-order valence-corrected chi connectivity index (χ2v) is 5.88. The molecule has 3 N–H and O–H groups in total. The van der Waals surface area contributed by atoms with Gasteiger partial charge >= 0.3 is 5.97 Å². The summed E-state index contributed by atoms with van der Waals surface area (Å²) in [7, 11) is -3.25. The Morgan fingerprint density at radius 3 is 2.24 bits per heavy atom. The molecule has 0 aromatic heterocycles. The van der Waals surface area contributed by atoms with Gasteiger partial charge in [0.05, 0.1) is 16.6 Å². The zero-order valence-corrected chi connectivity index (χ0v) is 10.3. The van der Waals surface area contributed by atoms with Crippen molar-refractivity contribution in [1.29, 1.82) is 0 Å². The molecule has 6 heteroatoms. The fraction of sp³-hybridized carbons (Fsp3) is 0.364. The first kappa shape index (κ1) is 13.7. The molecule has 1 atom stereocenters. The third-order valence-corrected chi connectivity index (χ3v) is 4.31. The lowest BCUT2D eigenvalue weighted by Crippen LogP contribution is -2.21. The van der Waals surface area contributed by atoms with E-state index in [9.17, 15) is 13.2 Å². The summed E-state index contributed by atoms with van der Waals surface area (Å²) in [5.74, 6) is -1.79. The maximum atomic E-state index is 11.5. The first-order valence-corrected chi connectivity index (χ1v) is 6.83. The maximum Gasteiger partial charge on any atom is 0.312 e. The highest BCUT2D eigenvalue weighted by Gasteiger charge is 2.19. The van der Waals surface area contributed by atoms with Gasteiger partial charge in [-0.3, -0.25) is 4.79 Å². The highest BCUT2D eigenvalue weighted by molar-refractivity contribution is 7.91. The Bertz CT molecular complexity index is 493. The van der Waals surface area contributed by atoms with Crippen molar-refractivity contribution in [2.45, 2.75) is 17.7 Å². The lowest BCUT2D eigenvalue weighted by molar-refractivity contribution is -0.138. The fourth-order valence-corrected chi connectivity index (χ4v) is 2.34. The molecule has 1 aromatic carbocycles. The van der Waals surface area contributed by atoms with Gasteiger partial charge in [0.1, 0.15) is 0 Å². The van der Waals surface area contributed by atoms with Crippen molar-refractivity contribution >= 4 is 15.8 Å². The summed E-state index contributed by atoms with van der Waals surface area (Å²) in [5.41, 5.74) is 5.87. The number of benzene rings is 1. The SMILES string of the molecule is CCS(=O)(=O)c1ccc(C(CN)C(=O)O)cc1. The van der Waals surface area contributed by atoms with Crippen LogP contribution in [-0.2, 0) is 14.6 Å². The Balaban J connectivity index is 3.07. The van der Waals surface area contributed by atoms with Crippen molar-refractivity contribution in [3.8, 4) is 0 Å². The Kier molecular flexibility index (Phi) is 4.25. The minimum absolute atomic E-state index is 0.0186. The molecule has 0 heterocycles. The maximum absolute atomic E-state index is 11.5. The third kappa shape index (κ3) is 3.04. The Hall–Kier alpha value is -1.40. The number of rotatable bonds is 5. The highest BCUT2D eigenvalue weighted by Crippen LogP contribution is 2.18. The number of nitrogens with two attached hydrogens (primary N) is 1. The van der Waals surface area contributed by atoms with Gasteiger partial charge in [-0.15, -0.1) is 0 Å². The highest BCUT2D eigenvalue weighted by atomic mass is 32.2. The Morgan fingerprint density at radius 2 is 1.88 bits per heavy atom. The molecule has 0 bridgehead atoms. The van der Waals surface area contributed by atoms with Crippen LogP contribution in [0.15, 0.2) is 29.2 Å². The monoisotopic (exact) mass is 257 g/mol. The van der Waals surface area contributed by atoms with Gasteiger partial charge < -0.3 is 10.8 Å². The van der Waals surface area contributed by atoms with E-state index in [4.69, 9.17) is 10.8 Å². The predicted octanol–water partition coefficient (Wildman–Crippen LogP) is 0.607. The van der Waals surface area contributed by atoms with Gasteiger partial charge in [0.15, 0.2) is 9.84 Å². The van der Waals surface area contributed by atoms with E-state index in [0.717, 1.165) is 0 Å². The largest absolute Gasteiger partial charge is 0.481 e. The molecule has 17 heavy (non-hydrogen) atoms. The van der Waals surface area contributed by atoms with E-state index in [-0.39, 0.29) is 17.2 Å². The first-order chi connectivity index (χ1) is 7.92. The summed E-state index contributed by atoms with van der Waals surface area (Å²) in [6.07, 6.45) is 0. The number of carboxylic acids is 1. The van der Waals surface area contributed by atoms with Crippen LogP contribution in [0.3, 0.4) is 0 Å². The molecule has 94 valence electrons. The smallest absolute Gasteiger partial charge is 0.312 e. The fourth-order valence-electron chi connectivity index (χ4n) is 1.45. The lowest BCUT2D eigenvalue weighted by atomic mass is 10.00. The molecule has 1 unspecified atom stereocenters. The van der Waals surface area contributed by atoms with Crippen LogP contribution in [0.2, 0.25) is 0 Å². The molecule has 0 amide bonds. The van der Waals surface area contributed by atoms with Crippen LogP contribution in [0, 0.1) is 0 Å². The molecule has 0 fully saturated rings. The summed E-state index contributed by atoms with van der Waals surface area (Å²) in [6.45, 7) is 1.54. The molecule has 0 aliphatic rings. The van der Waals surface area contributed by atoms with E-state index < -0.39 is 21.7 Å². The molecule has 5 nitrogen and oxygen atoms in total. The lowest BCUT2D eigenvalue weighted by Gasteiger charge is -2.10. The van der Waals surface area contributed by atoms with Gasteiger partial charge in [-0.25, -0.2) is 8.42 Å². The van der Waals surface area contributed by atoms with Gasteiger partial charge in [0.25, 0.3) is 0 Å². The average Bonchev–Trinajstić information content (AvgIpc) is 2.30. The summed E-state index contributed by atoms with van der Waals surface area (Å²) in [5, 5.41) is 8.90. The zero-order valence-electron chi connectivity index (χ0n) is 9.46. The minimum atomic E-state index is -3.25. The summed E-state index contributed by atoms with van der Waals surface area (Å²) < 4.78 is 23.1. The van der Waals surface area contributed by atoms with Gasteiger partial charge in [-0.05, 0) is 17.7 Å². The molecule has 1 rings (SSSR count). The quantitative estimate of drug-likeness (QED) is 0.805. The Labute approximate surface area is 100 Å². The van der Waals surface area contributed by atoms with Crippen molar-refractivity contribution in [3.05, 3.63) is 29.8 Å². The second kappa shape index (κ2) is 5.29. The Morgan fingerprint density at radius 1 is 1.35 bits per heavy atom. The van der Waals surface area contributed by atoms with Crippen molar-refractivity contribution < 1.29 is 18.3 Å². The number of carboxylic acid groups (broad SMARTS) is 1. The van der Waals surface area contributed by atoms with E-state index in [1.54, 1.807) is 6.92 Å². The second-order valence-electron chi connectivity index (χ2n) is 3.60. The van der Waals surface area contributed by atoms with Crippen LogP contribution in [0.5, 0.6) is 0 Å². The van der Waals surface area contributed by atoms with E-state index in [1.165, 1.54) is 24.3 Å². The number of aliphatic carboxylic acids is 1. The van der Waals surface area contributed by atoms with Gasteiger partial charge in [-0.1, -0.05) is 19.1 Å². The molecule has 0 radical (unpaired) electrons. The van der Waals surface area contributed by atoms with E-state index >= 15 is 0 Å². The van der Waals surface area contributed by atoms with Crippen LogP contribution < -0.4 is 5.73 Å². The van der Waals surface area contributed by atoms with E-state index in [2.05, 4.69) is 0 Å². The van der Waals surface area contributed by atoms with Crippen LogP contribution in [-0.4, -0.2) is 31.8 Å². The number of hydrogen-bond acceptors (Lipinski definition) is 4. The number of sulfone groups is 1. The van der Waals surface area contributed by atoms with Gasteiger partial charge in [0, 0.05) is 6.54 Å². The molecular weight excluding hydrogens is 242 g/mol. The average molecular weight is 257 g/mol. The third-order valence-electron chi connectivity index (χ3n) is 2.56. The van der Waals surface area contributed by atoms with Crippen molar-refractivity contribution in [1.82, 2.24) is 0 Å². The molecule has 1 aromatic rings. The normalized spacial score (nSPS) is 13.3. The molecule has 0 saturated heterocycles. The summed E-state index contributed by atoms with van der Waals surface area (Å²) >= 11 is 0. The van der Waals surface area contributed by atoms with Crippen LogP contribution in [0.1, 0.15) is 18.4 Å². The molecule has 0 aliphatic heterocycles. The van der Waals surface area contributed by atoms with Crippen molar-refractivity contribution in [3.63, 3.8) is 0 Å². The minimum Gasteiger partial charge on any atom is -0.481 e. The van der Waals surface area contributed by atoms with Gasteiger partial charge in [0.2, 0.25) is 0 Å². The molecular formula is C11H15NO4S. The van der Waals surface area contributed by atoms with Crippen molar-refractivity contribution in [2.75, 3.05) is 12.3 Å².